The van der Waals surface area contributed by atoms with E-state index in [-0.39, 0.29) is 0 Å². The number of aryl methyl sites for hydroxylation is 4. The van der Waals surface area contributed by atoms with Crippen LogP contribution in [0.3, 0.4) is 0 Å². The molecule has 0 saturated heterocycles. The van der Waals surface area contributed by atoms with Gasteiger partial charge >= 0.3 is 0 Å². The summed E-state index contributed by atoms with van der Waals surface area (Å²) in [6, 6.07) is 9.68. The molecular weight excluding hydrogens is 1220 g/mol. The molecule has 4 heterocycles. The van der Waals surface area contributed by atoms with Crippen LogP contribution in [0, 0.1) is 98.7 Å². The molecule has 556 valence electrons. The molecule has 0 aromatic carbocycles. The van der Waals surface area contributed by atoms with E-state index in [0.717, 1.165) is 94.0 Å². The first kappa shape index (κ1) is 77.3. The van der Waals surface area contributed by atoms with Gasteiger partial charge in [-0.25, -0.2) is 0 Å². The highest BCUT2D eigenvalue weighted by Gasteiger charge is 2.41. The minimum atomic E-state index is 0.623. The van der Waals surface area contributed by atoms with Gasteiger partial charge < -0.3 is 9.47 Å². The Kier molecular flexibility index (Phi) is 31.4. The van der Waals surface area contributed by atoms with Gasteiger partial charge in [0.1, 0.15) is 23.0 Å². The van der Waals surface area contributed by atoms with Crippen LogP contribution in [-0.2, 0) is 0 Å². The highest BCUT2D eigenvalue weighted by molar-refractivity contribution is 5.41. The molecule has 100 heavy (non-hydrogen) atoms. The van der Waals surface area contributed by atoms with Gasteiger partial charge in [-0.2, -0.15) is 0 Å². The molecule has 6 nitrogen and oxygen atoms in total. The number of aromatic nitrogens is 4. The Morgan fingerprint density at radius 2 is 0.460 bits per heavy atom. The van der Waals surface area contributed by atoms with Crippen LogP contribution in [0.15, 0.2) is 49.1 Å². The van der Waals surface area contributed by atoms with Gasteiger partial charge in [-0.3, -0.25) is 19.9 Å². The maximum atomic E-state index is 6.84. The average molecular weight is 1370 g/mol. The Hall–Kier alpha value is -3.80. The lowest BCUT2D eigenvalue weighted by molar-refractivity contribution is 0.171. The monoisotopic (exact) mass is 1370 g/mol. The normalized spacial score (nSPS) is 26.8. The van der Waals surface area contributed by atoms with E-state index in [1.165, 1.54) is 366 Å². The van der Waals surface area contributed by atoms with Gasteiger partial charge in [-0.05, 0) is 272 Å². The Bertz CT molecular complexity index is 2750. The zero-order valence-electron chi connectivity index (χ0n) is 65.8. The third-order valence-electron chi connectivity index (χ3n) is 28.9. The molecule has 6 heteroatoms. The van der Waals surface area contributed by atoms with Crippen LogP contribution in [0.4, 0.5) is 0 Å². The minimum Gasteiger partial charge on any atom is -0.454 e. The van der Waals surface area contributed by atoms with Crippen molar-refractivity contribution in [2.75, 3.05) is 0 Å². The van der Waals surface area contributed by atoms with Crippen LogP contribution in [-0.4, -0.2) is 19.9 Å². The summed E-state index contributed by atoms with van der Waals surface area (Å²) in [7, 11) is 0. The SMILES string of the molecule is CCCCC[C@H]1CC[C@H](C(c2cc(Oc3cnc(C)c(C(C4CCCCC4)[C@H]4CC[C@H](CCCCC)CC4)c3)cnc2C)C2CCCCC2)CC1.CCCC[C@H]1CC[C@H](C(c2cc(Oc3cnc(C)c(C(C4CCCCC4)[C@H]4CC[C@H](CCCC)CC4)c3)cnc2C)C2CCCCC2)CC1. The van der Waals surface area contributed by atoms with Gasteiger partial charge in [-0.1, -0.05) is 246 Å². The number of hydrogen-bond acceptors (Lipinski definition) is 6. The summed E-state index contributed by atoms with van der Waals surface area (Å²) in [4.78, 5) is 20.2. The summed E-state index contributed by atoms with van der Waals surface area (Å²) < 4.78 is 13.7. The van der Waals surface area contributed by atoms with Crippen molar-refractivity contribution in [1.82, 2.24) is 19.9 Å². The molecule has 0 spiro atoms. The van der Waals surface area contributed by atoms with E-state index in [2.05, 4.69) is 79.7 Å². The van der Waals surface area contributed by atoms with Gasteiger partial charge in [0.05, 0.1) is 24.8 Å². The molecule has 8 fully saturated rings. The molecule has 12 rings (SSSR count). The Morgan fingerprint density at radius 1 is 0.260 bits per heavy atom. The van der Waals surface area contributed by atoms with Crippen molar-refractivity contribution in [2.45, 2.75) is 400 Å². The molecule has 0 aliphatic heterocycles. The highest BCUT2D eigenvalue weighted by Crippen LogP contribution is 2.54. The molecule has 8 aliphatic rings. The van der Waals surface area contributed by atoms with Crippen molar-refractivity contribution >= 4 is 0 Å². The zero-order valence-corrected chi connectivity index (χ0v) is 65.8. The van der Waals surface area contributed by atoms with E-state index in [4.69, 9.17) is 29.4 Å². The first-order valence-electron chi connectivity index (χ1n) is 44.3. The van der Waals surface area contributed by atoms with Gasteiger partial charge in [0, 0.05) is 22.8 Å². The molecule has 4 aromatic heterocycles. The molecule has 8 aliphatic carbocycles. The predicted molar refractivity (Wildman–Crippen MR) is 422 cm³/mol. The van der Waals surface area contributed by atoms with Crippen LogP contribution in [0.1, 0.15) is 417 Å². The third-order valence-corrected chi connectivity index (χ3v) is 28.9. The molecule has 0 N–H and O–H groups in total. The van der Waals surface area contributed by atoms with Crippen LogP contribution in [0.25, 0.3) is 0 Å². The lowest BCUT2D eigenvalue weighted by Crippen LogP contribution is -2.28. The minimum absolute atomic E-state index is 0.623. The summed E-state index contributed by atoms with van der Waals surface area (Å²) in [5.41, 5.74) is 10.9. The third kappa shape index (κ3) is 21.7. The molecule has 0 amide bonds. The summed E-state index contributed by atoms with van der Waals surface area (Å²) in [5.74, 6) is 16.3. The number of ether oxygens (including phenoxy) is 2. The van der Waals surface area contributed by atoms with E-state index in [1.807, 2.05) is 24.8 Å². The standard InChI is InChI=1S/C48H76N2O.C46H72N2O/c1-5-7-11-17-37-23-27-41(28-24-37)47(39-19-13-9-14-20-39)45-31-43(33-49-35(45)3)51-44-32-46(36(4)50-34-44)48(40-21-15-10-16-22-40)42-29-25-38(26-30-42)18-12-8-6-2;1-5-7-15-35-21-25-39(26-22-35)45(37-17-11-9-12-18-37)43-29-41(31-47-33(43)3)49-42-30-44(34(4)48-32-42)46(38-19-13-10-14-20-38)40-27-23-36(24-28-40)16-8-6-2/h31-34,37-42,47-48H,5-30H2,1-4H3;29-32,35-40,45-46H,5-28H2,1-4H3/t37-,38-,41-,42-,47?,48?;35-,36-,39-,40-,45?,46?. The molecule has 8 saturated carbocycles. The van der Waals surface area contributed by atoms with Crippen LogP contribution < -0.4 is 9.47 Å². The number of nitrogens with zero attached hydrogens (tertiary/aromatic N) is 4. The van der Waals surface area contributed by atoms with Crippen molar-refractivity contribution in [3.8, 4) is 23.0 Å². The molecule has 0 bridgehead atoms. The Morgan fingerprint density at radius 3 is 0.670 bits per heavy atom. The highest BCUT2D eigenvalue weighted by atomic mass is 16.5. The van der Waals surface area contributed by atoms with Gasteiger partial charge in [0.15, 0.2) is 0 Å². The molecule has 4 aromatic rings. The second kappa shape index (κ2) is 40.6. The van der Waals surface area contributed by atoms with Crippen molar-refractivity contribution in [2.24, 2.45) is 71.0 Å². The second-order valence-electron chi connectivity index (χ2n) is 35.7. The van der Waals surface area contributed by atoms with Crippen LogP contribution in [0.5, 0.6) is 23.0 Å². The fraction of sp³-hybridized carbons (Fsp3) is 0.787. The molecule has 4 unspecified atom stereocenters. The Balaban J connectivity index is 0.000000202. The summed E-state index contributed by atoms with van der Waals surface area (Å²) in [6.07, 6.45) is 78.2. The number of unbranched alkanes of at least 4 members (excludes halogenated alkanes) is 6. The fourth-order valence-electron chi connectivity index (χ4n) is 23.2. The molecule has 0 radical (unpaired) electrons. The van der Waals surface area contributed by atoms with Crippen LogP contribution in [0.2, 0.25) is 0 Å². The van der Waals surface area contributed by atoms with E-state index in [1.54, 1.807) is 0 Å². The maximum absolute atomic E-state index is 6.84. The number of pyridine rings is 4. The summed E-state index contributed by atoms with van der Waals surface area (Å²) >= 11 is 0. The summed E-state index contributed by atoms with van der Waals surface area (Å²) in [5, 5.41) is 0. The Labute approximate surface area is 614 Å². The zero-order chi connectivity index (χ0) is 69.4. The van der Waals surface area contributed by atoms with Crippen molar-refractivity contribution in [3.63, 3.8) is 0 Å². The van der Waals surface area contributed by atoms with Gasteiger partial charge in [-0.15, -0.1) is 0 Å². The number of hydrogen-bond donors (Lipinski definition) is 0. The summed E-state index contributed by atoms with van der Waals surface area (Å²) in [6.45, 7) is 18.4. The molecular formula is C94H148N4O2. The average Bonchev–Trinajstić information content (AvgIpc) is 0.807. The van der Waals surface area contributed by atoms with E-state index in [9.17, 15) is 0 Å². The first-order valence-corrected chi connectivity index (χ1v) is 44.3. The topological polar surface area (TPSA) is 70.0 Å². The lowest BCUT2D eigenvalue weighted by Gasteiger charge is -2.40. The maximum Gasteiger partial charge on any atom is 0.146 e. The van der Waals surface area contributed by atoms with E-state index >= 15 is 0 Å². The van der Waals surface area contributed by atoms with E-state index in [0.29, 0.717) is 23.7 Å². The van der Waals surface area contributed by atoms with Crippen molar-refractivity contribution < 1.29 is 9.47 Å². The quantitative estimate of drug-likeness (QED) is 0.0485. The number of rotatable bonds is 30. The smallest absolute Gasteiger partial charge is 0.146 e. The fourth-order valence-corrected chi connectivity index (χ4v) is 23.2. The second-order valence-corrected chi connectivity index (χ2v) is 35.7. The first-order chi connectivity index (χ1) is 49.1. The van der Waals surface area contributed by atoms with E-state index < -0.39 is 0 Å². The van der Waals surface area contributed by atoms with Gasteiger partial charge in [0.2, 0.25) is 0 Å². The predicted octanol–water partition coefficient (Wildman–Crippen LogP) is 29.2. The van der Waals surface area contributed by atoms with Crippen LogP contribution >= 0.6 is 0 Å². The molecule has 4 atom stereocenters. The van der Waals surface area contributed by atoms with Crippen molar-refractivity contribution in [1.29, 1.82) is 0 Å². The lowest BCUT2D eigenvalue weighted by atomic mass is 9.65. The largest absolute Gasteiger partial charge is 0.454 e. The van der Waals surface area contributed by atoms with Crippen molar-refractivity contribution in [3.05, 3.63) is 94.1 Å². The van der Waals surface area contributed by atoms with Gasteiger partial charge in [0.25, 0.3) is 0 Å².